The molecule has 0 amide bonds. The summed E-state index contributed by atoms with van der Waals surface area (Å²) in [6, 6.07) is 6.45. The van der Waals surface area contributed by atoms with Crippen molar-refractivity contribution < 1.29 is 4.74 Å². The second kappa shape index (κ2) is 7.05. The predicted molar refractivity (Wildman–Crippen MR) is 89.5 cm³/mol. The number of nitrogens with zero attached hydrogens (tertiary/aromatic N) is 1. The molecule has 0 aliphatic heterocycles. The van der Waals surface area contributed by atoms with Crippen molar-refractivity contribution in [3.63, 3.8) is 0 Å². The van der Waals surface area contributed by atoms with Crippen LogP contribution in [0.3, 0.4) is 0 Å². The van der Waals surface area contributed by atoms with Crippen LogP contribution in [0, 0.1) is 0 Å². The van der Waals surface area contributed by atoms with Crippen LogP contribution in [-0.2, 0) is 6.42 Å². The molecule has 114 valence electrons. The molecule has 0 aliphatic carbocycles. The average molecular weight is 304 g/mol. The number of hydrogen-bond donors (Lipinski definition) is 1. The lowest BCUT2D eigenvalue weighted by atomic mass is 9.94. The van der Waals surface area contributed by atoms with Gasteiger partial charge >= 0.3 is 0 Å². The van der Waals surface area contributed by atoms with Crippen LogP contribution < -0.4 is 10.5 Å². The SMILES string of the molecule is COc1ccc(C(C)C)cc1C(C)c1nc(CCN)cs1. The Balaban J connectivity index is 2.35. The topological polar surface area (TPSA) is 48.1 Å². The largest absolute Gasteiger partial charge is 0.496 e. The van der Waals surface area contributed by atoms with Gasteiger partial charge in [0.2, 0.25) is 0 Å². The zero-order valence-corrected chi connectivity index (χ0v) is 14.0. The Morgan fingerprint density at radius 1 is 1.29 bits per heavy atom. The van der Waals surface area contributed by atoms with Crippen molar-refractivity contribution in [2.45, 2.75) is 39.0 Å². The third-order valence-corrected chi connectivity index (χ3v) is 4.80. The summed E-state index contributed by atoms with van der Waals surface area (Å²) >= 11 is 1.70. The van der Waals surface area contributed by atoms with Crippen LogP contribution in [0.4, 0.5) is 0 Å². The molecule has 1 aromatic carbocycles. The molecule has 0 saturated carbocycles. The first kappa shape index (κ1) is 16.0. The molecule has 0 spiro atoms. The molecule has 0 radical (unpaired) electrons. The fourth-order valence-corrected chi connectivity index (χ4v) is 3.30. The van der Waals surface area contributed by atoms with Crippen LogP contribution >= 0.6 is 11.3 Å². The van der Waals surface area contributed by atoms with Crippen LogP contribution in [0.2, 0.25) is 0 Å². The molecule has 0 aliphatic rings. The van der Waals surface area contributed by atoms with Gasteiger partial charge in [-0.25, -0.2) is 4.98 Å². The monoisotopic (exact) mass is 304 g/mol. The van der Waals surface area contributed by atoms with Gasteiger partial charge in [-0.15, -0.1) is 11.3 Å². The first-order valence-corrected chi connectivity index (χ1v) is 8.27. The quantitative estimate of drug-likeness (QED) is 0.879. The Bertz CT molecular complexity index is 592. The van der Waals surface area contributed by atoms with E-state index >= 15 is 0 Å². The molecule has 1 aromatic heterocycles. The summed E-state index contributed by atoms with van der Waals surface area (Å²) in [6.45, 7) is 7.24. The highest BCUT2D eigenvalue weighted by Gasteiger charge is 2.18. The zero-order chi connectivity index (χ0) is 15.4. The number of benzene rings is 1. The molecular weight excluding hydrogens is 280 g/mol. The van der Waals surface area contributed by atoms with Gasteiger partial charge in [0.25, 0.3) is 0 Å². The van der Waals surface area contributed by atoms with Crippen molar-refractivity contribution in [1.82, 2.24) is 4.98 Å². The summed E-state index contributed by atoms with van der Waals surface area (Å²) in [7, 11) is 1.72. The van der Waals surface area contributed by atoms with E-state index < -0.39 is 0 Å². The maximum absolute atomic E-state index is 5.60. The van der Waals surface area contributed by atoms with Gasteiger partial charge in [0, 0.05) is 23.3 Å². The second-order valence-corrected chi connectivity index (χ2v) is 6.48. The fraction of sp³-hybridized carbons (Fsp3) is 0.471. The van der Waals surface area contributed by atoms with E-state index in [9.17, 15) is 0 Å². The molecule has 2 rings (SSSR count). The molecule has 4 heteroatoms. The highest BCUT2D eigenvalue weighted by molar-refractivity contribution is 7.09. The maximum atomic E-state index is 5.60. The highest BCUT2D eigenvalue weighted by atomic mass is 32.1. The summed E-state index contributed by atoms with van der Waals surface area (Å²) in [4.78, 5) is 4.71. The van der Waals surface area contributed by atoms with Gasteiger partial charge in [0.15, 0.2) is 0 Å². The summed E-state index contributed by atoms with van der Waals surface area (Å²) in [5.74, 6) is 1.67. The summed E-state index contributed by atoms with van der Waals surface area (Å²) < 4.78 is 5.53. The highest BCUT2D eigenvalue weighted by Crippen LogP contribution is 2.35. The van der Waals surface area contributed by atoms with E-state index in [-0.39, 0.29) is 5.92 Å². The van der Waals surface area contributed by atoms with Gasteiger partial charge in [0.1, 0.15) is 10.8 Å². The number of hydrogen-bond acceptors (Lipinski definition) is 4. The standard InChI is InChI=1S/C17H24N2OS/c1-11(2)13-5-6-16(20-4)15(9-13)12(3)17-19-14(7-8-18)10-21-17/h5-6,9-12H,7-8,18H2,1-4H3. The molecule has 3 nitrogen and oxygen atoms in total. The molecule has 0 bridgehead atoms. The van der Waals surface area contributed by atoms with Crippen LogP contribution in [-0.4, -0.2) is 18.6 Å². The van der Waals surface area contributed by atoms with E-state index in [1.54, 1.807) is 18.4 Å². The van der Waals surface area contributed by atoms with Crippen LogP contribution in [0.15, 0.2) is 23.6 Å². The van der Waals surface area contributed by atoms with E-state index in [0.717, 1.165) is 22.9 Å². The van der Waals surface area contributed by atoms with Gasteiger partial charge in [0.05, 0.1) is 12.8 Å². The van der Waals surface area contributed by atoms with Crippen molar-refractivity contribution in [1.29, 1.82) is 0 Å². The lowest BCUT2D eigenvalue weighted by molar-refractivity contribution is 0.408. The van der Waals surface area contributed by atoms with E-state index in [1.807, 2.05) is 0 Å². The predicted octanol–water partition coefficient (Wildman–Crippen LogP) is 3.93. The maximum Gasteiger partial charge on any atom is 0.122 e. The number of ether oxygens (including phenoxy) is 1. The molecule has 21 heavy (non-hydrogen) atoms. The average Bonchev–Trinajstić information content (AvgIpc) is 2.94. The zero-order valence-electron chi connectivity index (χ0n) is 13.2. The summed E-state index contributed by atoms with van der Waals surface area (Å²) in [5, 5.41) is 3.23. The number of aromatic nitrogens is 1. The van der Waals surface area contributed by atoms with Crippen molar-refractivity contribution in [2.75, 3.05) is 13.7 Å². The Labute approximate surface area is 131 Å². The lowest BCUT2D eigenvalue weighted by Gasteiger charge is -2.16. The molecule has 0 fully saturated rings. The second-order valence-electron chi connectivity index (χ2n) is 5.59. The Kier molecular flexibility index (Phi) is 5.37. The van der Waals surface area contributed by atoms with Gasteiger partial charge in [-0.2, -0.15) is 0 Å². The van der Waals surface area contributed by atoms with Crippen molar-refractivity contribution in [3.05, 3.63) is 45.4 Å². The van der Waals surface area contributed by atoms with Gasteiger partial charge in [-0.05, 0) is 24.1 Å². The third-order valence-electron chi connectivity index (χ3n) is 3.73. The van der Waals surface area contributed by atoms with Crippen LogP contribution in [0.1, 0.15) is 54.4 Å². The van der Waals surface area contributed by atoms with E-state index in [2.05, 4.69) is 44.4 Å². The minimum atomic E-state index is 0.232. The Hall–Kier alpha value is -1.39. The molecule has 0 saturated heterocycles. The Morgan fingerprint density at radius 3 is 2.67 bits per heavy atom. The minimum Gasteiger partial charge on any atom is -0.496 e. The summed E-state index contributed by atoms with van der Waals surface area (Å²) in [5.41, 5.74) is 9.22. The molecule has 2 aromatic rings. The molecule has 2 N–H and O–H groups in total. The first-order chi connectivity index (χ1) is 10.1. The normalized spacial score (nSPS) is 12.7. The minimum absolute atomic E-state index is 0.232. The van der Waals surface area contributed by atoms with Crippen molar-refractivity contribution >= 4 is 11.3 Å². The molecular formula is C17H24N2OS. The smallest absolute Gasteiger partial charge is 0.122 e. The number of thiazole rings is 1. The van der Waals surface area contributed by atoms with Crippen LogP contribution in [0.25, 0.3) is 0 Å². The third kappa shape index (κ3) is 3.63. The number of methoxy groups -OCH3 is 1. The van der Waals surface area contributed by atoms with Crippen molar-refractivity contribution in [2.24, 2.45) is 5.73 Å². The number of nitrogens with two attached hydrogens (primary N) is 1. The molecule has 1 unspecified atom stereocenters. The first-order valence-electron chi connectivity index (χ1n) is 7.39. The molecule has 1 heterocycles. The van der Waals surface area contributed by atoms with Crippen molar-refractivity contribution in [3.8, 4) is 5.75 Å². The van der Waals surface area contributed by atoms with E-state index in [0.29, 0.717) is 12.5 Å². The van der Waals surface area contributed by atoms with E-state index in [1.165, 1.54) is 11.1 Å². The van der Waals surface area contributed by atoms with Gasteiger partial charge in [-0.1, -0.05) is 32.9 Å². The molecule has 1 atom stereocenters. The summed E-state index contributed by atoms with van der Waals surface area (Å²) in [6.07, 6.45) is 0.840. The van der Waals surface area contributed by atoms with E-state index in [4.69, 9.17) is 15.5 Å². The Morgan fingerprint density at radius 2 is 2.05 bits per heavy atom. The van der Waals surface area contributed by atoms with Gasteiger partial charge in [-0.3, -0.25) is 0 Å². The number of rotatable bonds is 6. The van der Waals surface area contributed by atoms with Gasteiger partial charge < -0.3 is 10.5 Å². The van der Waals surface area contributed by atoms with Crippen LogP contribution in [0.5, 0.6) is 5.75 Å². The lowest BCUT2D eigenvalue weighted by Crippen LogP contribution is -2.04. The fourth-order valence-electron chi connectivity index (χ4n) is 2.37.